The van der Waals surface area contributed by atoms with Crippen molar-refractivity contribution in [3.05, 3.63) is 29.3 Å². The summed E-state index contributed by atoms with van der Waals surface area (Å²) in [7, 11) is 0. The van der Waals surface area contributed by atoms with E-state index in [1.807, 2.05) is 24.8 Å². The van der Waals surface area contributed by atoms with Gasteiger partial charge in [0.25, 0.3) is 5.91 Å². The minimum Gasteiger partial charge on any atom is -0.507 e. The predicted molar refractivity (Wildman–Crippen MR) is 98.2 cm³/mol. The Hall–Kier alpha value is -2.08. The van der Waals surface area contributed by atoms with E-state index in [9.17, 15) is 14.7 Å². The van der Waals surface area contributed by atoms with Crippen molar-refractivity contribution in [1.29, 1.82) is 0 Å². The lowest BCUT2D eigenvalue weighted by atomic mass is 9.94. The summed E-state index contributed by atoms with van der Waals surface area (Å²) >= 11 is 0. The van der Waals surface area contributed by atoms with Crippen LogP contribution in [0.25, 0.3) is 0 Å². The number of phenolic OH excluding ortho intramolecular Hbond substituents is 1. The summed E-state index contributed by atoms with van der Waals surface area (Å²) in [5.41, 5.74) is 1.35. The summed E-state index contributed by atoms with van der Waals surface area (Å²) in [4.78, 5) is 28.9. The standard InChI is InChI=1S/C20H28N2O4/c1-14(2)16-3-4-17(18(23)13-16)20(25)21-7-5-15(6-8-21)19(24)22-9-11-26-12-10-22/h3-4,13-15,23H,5-12H2,1-2H3. The number of phenols is 1. The molecule has 2 amide bonds. The monoisotopic (exact) mass is 360 g/mol. The van der Waals surface area contributed by atoms with Crippen LogP contribution >= 0.6 is 0 Å². The first-order valence-electron chi connectivity index (χ1n) is 9.46. The number of aromatic hydroxyl groups is 1. The maximum Gasteiger partial charge on any atom is 0.257 e. The molecule has 1 N–H and O–H groups in total. The Labute approximate surface area is 154 Å². The van der Waals surface area contributed by atoms with E-state index in [0.717, 1.165) is 5.56 Å². The lowest BCUT2D eigenvalue weighted by Gasteiger charge is -2.35. The van der Waals surface area contributed by atoms with Crippen molar-refractivity contribution in [2.75, 3.05) is 39.4 Å². The molecule has 3 rings (SSSR count). The largest absolute Gasteiger partial charge is 0.507 e. The van der Waals surface area contributed by atoms with Crippen molar-refractivity contribution in [2.45, 2.75) is 32.6 Å². The number of benzene rings is 1. The van der Waals surface area contributed by atoms with Gasteiger partial charge >= 0.3 is 0 Å². The number of piperidine rings is 1. The third-order valence-corrected chi connectivity index (χ3v) is 5.37. The molecule has 26 heavy (non-hydrogen) atoms. The minimum atomic E-state index is -0.157. The van der Waals surface area contributed by atoms with Crippen molar-refractivity contribution in [2.24, 2.45) is 5.92 Å². The van der Waals surface area contributed by atoms with E-state index in [0.29, 0.717) is 63.7 Å². The molecule has 2 fully saturated rings. The lowest BCUT2D eigenvalue weighted by Crippen LogP contribution is -2.47. The van der Waals surface area contributed by atoms with Crippen LogP contribution in [0.1, 0.15) is 48.5 Å². The van der Waals surface area contributed by atoms with Crippen molar-refractivity contribution >= 4 is 11.8 Å². The number of nitrogens with zero attached hydrogens (tertiary/aromatic N) is 2. The highest BCUT2D eigenvalue weighted by molar-refractivity contribution is 5.97. The Balaban J connectivity index is 1.59. The van der Waals surface area contributed by atoms with Crippen molar-refractivity contribution < 1.29 is 19.4 Å². The molecule has 6 nitrogen and oxygen atoms in total. The second-order valence-corrected chi connectivity index (χ2v) is 7.44. The molecule has 2 aliphatic rings. The molecule has 142 valence electrons. The van der Waals surface area contributed by atoms with Gasteiger partial charge in [0, 0.05) is 32.1 Å². The van der Waals surface area contributed by atoms with Gasteiger partial charge in [-0.1, -0.05) is 19.9 Å². The first-order chi connectivity index (χ1) is 12.5. The zero-order chi connectivity index (χ0) is 18.7. The molecule has 2 saturated heterocycles. The fourth-order valence-corrected chi connectivity index (χ4v) is 3.63. The van der Waals surface area contributed by atoms with Gasteiger partial charge in [0.2, 0.25) is 5.91 Å². The Morgan fingerprint density at radius 2 is 1.73 bits per heavy atom. The molecular formula is C20H28N2O4. The summed E-state index contributed by atoms with van der Waals surface area (Å²) in [6, 6.07) is 5.27. The van der Waals surface area contributed by atoms with Gasteiger partial charge in [0.15, 0.2) is 0 Å². The summed E-state index contributed by atoms with van der Waals surface area (Å²) in [5.74, 6) is 0.341. The van der Waals surface area contributed by atoms with Gasteiger partial charge in [-0.15, -0.1) is 0 Å². The number of rotatable bonds is 3. The highest BCUT2D eigenvalue weighted by Gasteiger charge is 2.31. The van der Waals surface area contributed by atoms with Crippen LogP contribution in [0.4, 0.5) is 0 Å². The molecule has 0 bridgehead atoms. The quantitative estimate of drug-likeness (QED) is 0.897. The third kappa shape index (κ3) is 4.01. The second kappa shape index (κ2) is 8.08. The lowest BCUT2D eigenvalue weighted by molar-refractivity contribution is -0.141. The Kier molecular flexibility index (Phi) is 5.81. The van der Waals surface area contributed by atoms with Crippen molar-refractivity contribution in [3.8, 4) is 5.75 Å². The van der Waals surface area contributed by atoms with E-state index < -0.39 is 0 Å². The van der Waals surface area contributed by atoms with E-state index in [1.165, 1.54) is 0 Å². The number of hydrogen-bond acceptors (Lipinski definition) is 4. The molecule has 2 heterocycles. The molecule has 6 heteroatoms. The van der Waals surface area contributed by atoms with E-state index in [4.69, 9.17) is 4.74 Å². The van der Waals surface area contributed by atoms with Crippen molar-refractivity contribution in [1.82, 2.24) is 9.80 Å². The smallest absolute Gasteiger partial charge is 0.257 e. The highest BCUT2D eigenvalue weighted by atomic mass is 16.5. The number of likely N-dealkylation sites (tertiary alicyclic amines) is 1. The molecule has 0 radical (unpaired) electrons. The number of morpholine rings is 1. The van der Waals surface area contributed by atoms with Crippen LogP contribution in [0.15, 0.2) is 18.2 Å². The Morgan fingerprint density at radius 3 is 2.31 bits per heavy atom. The fraction of sp³-hybridized carbons (Fsp3) is 0.600. The Bertz CT molecular complexity index is 660. The third-order valence-electron chi connectivity index (χ3n) is 5.37. The highest BCUT2D eigenvalue weighted by Crippen LogP contribution is 2.27. The SMILES string of the molecule is CC(C)c1ccc(C(=O)N2CCC(C(=O)N3CCOCC3)CC2)c(O)c1. The number of ether oxygens (including phenoxy) is 1. The summed E-state index contributed by atoms with van der Waals surface area (Å²) < 4.78 is 5.30. The zero-order valence-electron chi connectivity index (χ0n) is 15.6. The summed E-state index contributed by atoms with van der Waals surface area (Å²) in [5, 5.41) is 10.2. The van der Waals surface area contributed by atoms with Gasteiger partial charge in [-0.05, 0) is 36.5 Å². The van der Waals surface area contributed by atoms with Crippen LogP contribution in [0, 0.1) is 5.92 Å². The van der Waals surface area contributed by atoms with Gasteiger partial charge in [0.1, 0.15) is 5.75 Å². The number of hydrogen-bond donors (Lipinski definition) is 1. The van der Waals surface area contributed by atoms with E-state index in [-0.39, 0.29) is 23.5 Å². The first-order valence-corrected chi connectivity index (χ1v) is 9.46. The molecular weight excluding hydrogens is 332 g/mol. The van der Waals surface area contributed by atoms with Gasteiger partial charge in [-0.2, -0.15) is 0 Å². The van der Waals surface area contributed by atoms with E-state index >= 15 is 0 Å². The topological polar surface area (TPSA) is 70.1 Å². The fourth-order valence-electron chi connectivity index (χ4n) is 3.63. The number of amides is 2. The number of carbonyl (C=O) groups excluding carboxylic acids is 2. The van der Waals surface area contributed by atoms with Gasteiger partial charge < -0.3 is 19.6 Å². The molecule has 0 saturated carbocycles. The van der Waals surface area contributed by atoms with Crippen LogP contribution in [-0.2, 0) is 9.53 Å². The predicted octanol–water partition coefficient (Wildman–Crippen LogP) is 2.23. The minimum absolute atomic E-state index is 0.0194. The van der Waals surface area contributed by atoms with E-state index in [1.54, 1.807) is 17.0 Å². The Morgan fingerprint density at radius 1 is 1.08 bits per heavy atom. The molecule has 0 aliphatic carbocycles. The van der Waals surface area contributed by atoms with Crippen LogP contribution in [0.3, 0.4) is 0 Å². The van der Waals surface area contributed by atoms with Crippen LogP contribution in [0.5, 0.6) is 5.75 Å². The van der Waals surface area contributed by atoms with Crippen molar-refractivity contribution in [3.63, 3.8) is 0 Å². The average molecular weight is 360 g/mol. The maximum absolute atomic E-state index is 12.7. The van der Waals surface area contributed by atoms with Crippen LogP contribution in [-0.4, -0.2) is 66.1 Å². The molecule has 1 aromatic carbocycles. The molecule has 0 aromatic heterocycles. The van der Waals surface area contributed by atoms with Gasteiger partial charge in [-0.25, -0.2) is 0 Å². The molecule has 0 atom stereocenters. The molecule has 0 spiro atoms. The first kappa shape index (κ1) is 18.7. The van der Waals surface area contributed by atoms with Crippen LogP contribution < -0.4 is 0 Å². The normalized spacial score (nSPS) is 19.0. The van der Waals surface area contributed by atoms with Gasteiger partial charge in [0.05, 0.1) is 18.8 Å². The summed E-state index contributed by atoms with van der Waals surface area (Å²) in [6.07, 6.45) is 1.35. The van der Waals surface area contributed by atoms with Crippen LogP contribution in [0.2, 0.25) is 0 Å². The molecule has 0 unspecified atom stereocenters. The molecule has 2 aliphatic heterocycles. The average Bonchev–Trinajstić information content (AvgIpc) is 2.67. The van der Waals surface area contributed by atoms with E-state index in [2.05, 4.69) is 0 Å². The summed E-state index contributed by atoms with van der Waals surface area (Å²) in [6.45, 7) is 7.72. The second-order valence-electron chi connectivity index (χ2n) is 7.44. The number of carbonyl (C=O) groups is 2. The van der Waals surface area contributed by atoms with Gasteiger partial charge in [-0.3, -0.25) is 9.59 Å². The molecule has 1 aromatic rings. The zero-order valence-corrected chi connectivity index (χ0v) is 15.6. The maximum atomic E-state index is 12.7.